The molecule has 0 heterocycles. The monoisotopic (exact) mass is 241 g/mol. The van der Waals surface area contributed by atoms with E-state index < -0.39 is 11.6 Å². The lowest BCUT2D eigenvalue weighted by molar-refractivity contribution is -0.156. The van der Waals surface area contributed by atoms with Crippen molar-refractivity contribution in [2.24, 2.45) is 11.7 Å². The zero-order valence-electron chi connectivity index (χ0n) is 11.5. The van der Waals surface area contributed by atoms with Crippen LogP contribution < -0.4 is 5.73 Å². The lowest BCUT2D eigenvalue weighted by atomic mass is 9.85. The molecule has 17 heavy (non-hydrogen) atoms. The van der Waals surface area contributed by atoms with Crippen molar-refractivity contribution in [1.82, 2.24) is 0 Å². The van der Waals surface area contributed by atoms with E-state index >= 15 is 0 Å². The molecular formula is C14H27NO2. The van der Waals surface area contributed by atoms with E-state index in [-0.39, 0.29) is 5.97 Å². The van der Waals surface area contributed by atoms with Crippen LogP contribution in [0.2, 0.25) is 0 Å². The molecule has 3 heteroatoms. The Labute approximate surface area is 105 Å². The lowest BCUT2D eigenvalue weighted by Gasteiger charge is -2.24. The summed E-state index contributed by atoms with van der Waals surface area (Å²) in [6.45, 7) is 5.62. The van der Waals surface area contributed by atoms with Gasteiger partial charge in [-0.05, 0) is 39.5 Å². The van der Waals surface area contributed by atoms with Gasteiger partial charge in [-0.25, -0.2) is 0 Å². The number of rotatable bonds is 4. The fourth-order valence-corrected chi connectivity index (χ4v) is 2.39. The first-order valence-electron chi connectivity index (χ1n) is 6.87. The zero-order valence-corrected chi connectivity index (χ0v) is 11.5. The molecule has 0 aromatic rings. The summed E-state index contributed by atoms with van der Waals surface area (Å²) in [7, 11) is 0. The summed E-state index contributed by atoms with van der Waals surface area (Å²) in [6.07, 6.45) is 8.50. The molecule has 0 bridgehead atoms. The minimum absolute atomic E-state index is 0.256. The Hall–Kier alpha value is -0.570. The summed E-state index contributed by atoms with van der Waals surface area (Å²) in [4.78, 5) is 11.7. The van der Waals surface area contributed by atoms with E-state index in [1.165, 1.54) is 32.1 Å². The first-order chi connectivity index (χ1) is 7.88. The molecule has 0 unspecified atom stereocenters. The van der Waals surface area contributed by atoms with Crippen molar-refractivity contribution in [3.63, 3.8) is 0 Å². The third-order valence-corrected chi connectivity index (χ3v) is 3.32. The Morgan fingerprint density at radius 1 is 1.29 bits per heavy atom. The molecule has 100 valence electrons. The normalized spacial score (nSPS) is 20.0. The first-order valence-corrected chi connectivity index (χ1v) is 6.87. The third kappa shape index (κ3) is 6.06. The number of carbonyl (C=O) groups is 1. The van der Waals surface area contributed by atoms with Crippen LogP contribution in [0.15, 0.2) is 0 Å². The largest absolute Gasteiger partial charge is 0.459 e. The predicted octanol–water partition coefficient (Wildman–Crippen LogP) is 3.02. The van der Waals surface area contributed by atoms with Crippen LogP contribution in [-0.4, -0.2) is 17.6 Å². The quantitative estimate of drug-likeness (QED) is 0.770. The van der Waals surface area contributed by atoms with Gasteiger partial charge in [-0.15, -0.1) is 0 Å². The molecule has 1 saturated carbocycles. The predicted molar refractivity (Wildman–Crippen MR) is 69.6 cm³/mol. The Bertz CT molecular complexity index is 239. The maximum atomic E-state index is 11.7. The zero-order chi connectivity index (χ0) is 12.9. The molecule has 0 saturated heterocycles. The van der Waals surface area contributed by atoms with Crippen LogP contribution >= 0.6 is 0 Å². The van der Waals surface area contributed by atoms with E-state index in [2.05, 4.69) is 0 Å². The van der Waals surface area contributed by atoms with Crippen molar-refractivity contribution in [3.8, 4) is 0 Å². The number of nitrogens with two attached hydrogens (primary N) is 1. The van der Waals surface area contributed by atoms with Crippen LogP contribution in [-0.2, 0) is 9.53 Å². The fraction of sp³-hybridized carbons (Fsp3) is 0.929. The first kappa shape index (κ1) is 14.5. The minimum Gasteiger partial charge on any atom is -0.459 e. The molecule has 1 aliphatic rings. The van der Waals surface area contributed by atoms with Crippen LogP contribution in [0.4, 0.5) is 0 Å². The lowest BCUT2D eigenvalue weighted by Crippen LogP contribution is -2.37. The number of esters is 1. The van der Waals surface area contributed by atoms with Gasteiger partial charge in [0.05, 0.1) is 0 Å². The van der Waals surface area contributed by atoms with Crippen LogP contribution in [0.25, 0.3) is 0 Å². The molecule has 1 rings (SSSR count). The van der Waals surface area contributed by atoms with E-state index in [1.807, 2.05) is 20.8 Å². The average Bonchev–Trinajstić information content (AvgIpc) is 2.25. The maximum absolute atomic E-state index is 11.7. The minimum atomic E-state index is -0.448. The molecule has 0 aliphatic heterocycles. The highest BCUT2D eigenvalue weighted by atomic mass is 16.6. The number of carbonyl (C=O) groups excluding carboxylic acids is 1. The Balaban J connectivity index is 2.23. The van der Waals surface area contributed by atoms with Crippen molar-refractivity contribution in [2.75, 3.05) is 0 Å². The van der Waals surface area contributed by atoms with Gasteiger partial charge in [0.1, 0.15) is 11.6 Å². The van der Waals surface area contributed by atoms with Crippen molar-refractivity contribution in [3.05, 3.63) is 0 Å². The van der Waals surface area contributed by atoms with Gasteiger partial charge in [0.15, 0.2) is 0 Å². The van der Waals surface area contributed by atoms with Crippen LogP contribution in [0, 0.1) is 5.92 Å². The van der Waals surface area contributed by atoms with Crippen LogP contribution in [0.5, 0.6) is 0 Å². The number of ether oxygens (including phenoxy) is 1. The van der Waals surface area contributed by atoms with Crippen molar-refractivity contribution in [1.29, 1.82) is 0 Å². The van der Waals surface area contributed by atoms with E-state index in [0.717, 1.165) is 18.8 Å². The second-order valence-corrected chi connectivity index (χ2v) is 6.22. The van der Waals surface area contributed by atoms with Gasteiger partial charge in [0.25, 0.3) is 0 Å². The standard InChI is InChI=1S/C14H27NO2/c1-14(2,3)17-13(16)12(15)10-9-11-7-5-4-6-8-11/h11-12H,4-10,15H2,1-3H3/t12-/m0/s1. The van der Waals surface area contributed by atoms with Gasteiger partial charge in [-0.1, -0.05) is 32.1 Å². The molecule has 0 spiro atoms. The highest BCUT2D eigenvalue weighted by Gasteiger charge is 2.23. The maximum Gasteiger partial charge on any atom is 0.323 e. The second-order valence-electron chi connectivity index (χ2n) is 6.22. The van der Waals surface area contributed by atoms with E-state index in [9.17, 15) is 4.79 Å². The summed E-state index contributed by atoms with van der Waals surface area (Å²) in [5.41, 5.74) is 5.44. The van der Waals surface area contributed by atoms with Gasteiger partial charge < -0.3 is 10.5 Å². The number of hydrogen-bond donors (Lipinski definition) is 1. The molecule has 3 nitrogen and oxygen atoms in total. The fourth-order valence-electron chi connectivity index (χ4n) is 2.39. The molecule has 1 atom stereocenters. The summed E-state index contributed by atoms with van der Waals surface area (Å²) in [5, 5.41) is 0. The molecule has 0 radical (unpaired) electrons. The summed E-state index contributed by atoms with van der Waals surface area (Å²) < 4.78 is 5.28. The Morgan fingerprint density at radius 3 is 2.41 bits per heavy atom. The number of hydrogen-bond acceptors (Lipinski definition) is 3. The van der Waals surface area contributed by atoms with E-state index in [1.54, 1.807) is 0 Å². The molecule has 0 amide bonds. The van der Waals surface area contributed by atoms with Gasteiger partial charge >= 0.3 is 5.97 Å². The molecule has 0 aromatic heterocycles. The van der Waals surface area contributed by atoms with Crippen LogP contribution in [0.1, 0.15) is 65.7 Å². The topological polar surface area (TPSA) is 52.3 Å². The summed E-state index contributed by atoms with van der Waals surface area (Å²) in [5.74, 6) is 0.519. The van der Waals surface area contributed by atoms with Crippen molar-refractivity contribution >= 4 is 5.97 Å². The molecule has 1 fully saturated rings. The molecule has 1 aliphatic carbocycles. The molecular weight excluding hydrogens is 214 g/mol. The van der Waals surface area contributed by atoms with E-state index in [4.69, 9.17) is 10.5 Å². The van der Waals surface area contributed by atoms with Gasteiger partial charge in [0, 0.05) is 0 Å². The van der Waals surface area contributed by atoms with Crippen molar-refractivity contribution < 1.29 is 9.53 Å². The van der Waals surface area contributed by atoms with Crippen molar-refractivity contribution in [2.45, 2.75) is 77.4 Å². The third-order valence-electron chi connectivity index (χ3n) is 3.32. The molecule has 0 aromatic carbocycles. The van der Waals surface area contributed by atoms with Gasteiger partial charge in [0.2, 0.25) is 0 Å². The van der Waals surface area contributed by atoms with Gasteiger partial charge in [-0.3, -0.25) is 4.79 Å². The average molecular weight is 241 g/mol. The second kappa shape index (κ2) is 6.39. The molecule has 2 N–H and O–H groups in total. The van der Waals surface area contributed by atoms with Crippen LogP contribution in [0.3, 0.4) is 0 Å². The highest BCUT2D eigenvalue weighted by Crippen LogP contribution is 2.27. The van der Waals surface area contributed by atoms with Gasteiger partial charge in [-0.2, -0.15) is 0 Å². The Kier molecular flexibility index (Phi) is 5.44. The summed E-state index contributed by atoms with van der Waals surface area (Å²) >= 11 is 0. The highest BCUT2D eigenvalue weighted by molar-refractivity contribution is 5.75. The smallest absolute Gasteiger partial charge is 0.323 e. The van der Waals surface area contributed by atoms with E-state index in [0.29, 0.717) is 0 Å². The summed E-state index contributed by atoms with van der Waals surface area (Å²) in [6, 6.07) is -0.448. The SMILES string of the molecule is CC(C)(C)OC(=O)[C@@H](N)CCC1CCCCC1. The Morgan fingerprint density at radius 2 is 1.88 bits per heavy atom.